The van der Waals surface area contributed by atoms with Crippen molar-refractivity contribution in [1.29, 1.82) is 0 Å². The van der Waals surface area contributed by atoms with Crippen molar-refractivity contribution >= 4 is 17.5 Å². The second kappa shape index (κ2) is 5.63. The number of aromatic nitrogens is 4. The topological polar surface area (TPSA) is 77.0 Å². The molecule has 1 atom stereocenters. The lowest BCUT2D eigenvalue weighted by atomic mass is 10.1. The SMILES string of the molecule is CCn1cc(Cl)c(C(=O)N2CC[C@H](c3nc(C4CC4)no3)C2)n1. The van der Waals surface area contributed by atoms with Crippen LogP contribution in [-0.2, 0) is 6.54 Å². The van der Waals surface area contributed by atoms with Crippen LogP contribution in [-0.4, -0.2) is 43.8 Å². The van der Waals surface area contributed by atoms with Crippen LogP contribution in [0.3, 0.4) is 0 Å². The van der Waals surface area contributed by atoms with E-state index in [2.05, 4.69) is 15.2 Å². The van der Waals surface area contributed by atoms with Gasteiger partial charge < -0.3 is 9.42 Å². The quantitative estimate of drug-likeness (QED) is 0.857. The number of nitrogens with zero attached hydrogens (tertiary/aromatic N) is 5. The fourth-order valence-electron chi connectivity index (χ4n) is 2.92. The first kappa shape index (κ1) is 14.7. The number of amides is 1. The Morgan fingerprint density at radius 1 is 1.39 bits per heavy atom. The van der Waals surface area contributed by atoms with Gasteiger partial charge in [-0.05, 0) is 26.2 Å². The van der Waals surface area contributed by atoms with E-state index in [4.69, 9.17) is 16.1 Å². The molecule has 2 aliphatic rings. The average molecular weight is 336 g/mol. The number of halogens is 1. The number of rotatable bonds is 4. The molecule has 1 amide bonds. The second-order valence-electron chi connectivity index (χ2n) is 6.18. The zero-order valence-corrected chi connectivity index (χ0v) is 13.7. The van der Waals surface area contributed by atoms with Crippen LogP contribution < -0.4 is 0 Å². The van der Waals surface area contributed by atoms with Crippen molar-refractivity contribution in [3.05, 3.63) is 28.6 Å². The van der Waals surface area contributed by atoms with Crippen LogP contribution in [0.5, 0.6) is 0 Å². The molecule has 7 nitrogen and oxygen atoms in total. The van der Waals surface area contributed by atoms with Gasteiger partial charge in [-0.2, -0.15) is 10.1 Å². The summed E-state index contributed by atoms with van der Waals surface area (Å²) in [5.41, 5.74) is 0.318. The molecule has 1 saturated carbocycles. The average Bonchev–Trinajstić information content (AvgIpc) is 2.99. The van der Waals surface area contributed by atoms with Crippen LogP contribution in [0.25, 0.3) is 0 Å². The molecule has 0 spiro atoms. The van der Waals surface area contributed by atoms with Gasteiger partial charge in [-0.25, -0.2) is 0 Å². The second-order valence-corrected chi connectivity index (χ2v) is 6.59. The highest BCUT2D eigenvalue weighted by atomic mass is 35.5. The lowest BCUT2D eigenvalue weighted by Gasteiger charge is -2.14. The summed E-state index contributed by atoms with van der Waals surface area (Å²) in [6.07, 6.45) is 4.80. The van der Waals surface area contributed by atoms with Gasteiger partial charge in [-0.1, -0.05) is 16.8 Å². The van der Waals surface area contributed by atoms with E-state index >= 15 is 0 Å². The molecule has 4 rings (SSSR count). The van der Waals surface area contributed by atoms with Crippen LogP contribution in [0.1, 0.15) is 60.2 Å². The molecule has 0 unspecified atom stereocenters. The molecule has 23 heavy (non-hydrogen) atoms. The Bertz CT molecular complexity index is 736. The predicted molar refractivity (Wildman–Crippen MR) is 82.4 cm³/mol. The van der Waals surface area contributed by atoms with Crippen molar-refractivity contribution in [3.63, 3.8) is 0 Å². The van der Waals surface area contributed by atoms with E-state index in [0.717, 1.165) is 25.1 Å². The zero-order chi connectivity index (χ0) is 16.0. The molecule has 0 radical (unpaired) electrons. The first-order valence-electron chi connectivity index (χ1n) is 8.01. The van der Waals surface area contributed by atoms with E-state index in [1.165, 1.54) is 0 Å². The fourth-order valence-corrected chi connectivity index (χ4v) is 3.15. The van der Waals surface area contributed by atoms with Gasteiger partial charge >= 0.3 is 0 Å². The minimum absolute atomic E-state index is 0.103. The number of hydrogen-bond donors (Lipinski definition) is 0. The van der Waals surface area contributed by atoms with Gasteiger partial charge in [-0.15, -0.1) is 0 Å². The largest absolute Gasteiger partial charge is 0.339 e. The van der Waals surface area contributed by atoms with Crippen molar-refractivity contribution in [2.45, 2.75) is 44.6 Å². The smallest absolute Gasteiger partial charge is 0.275 e. The maximum atomic E-state index is 12.6. The summed E-state index contributed by atoms with van der Waals surface area (Å²) < 4.78 is 7.05. The molecule has 1 aliphatic heterocycles. The standard InChI is InChI=1S/C15H18ClN5O2/c1-2-21-8-11(16)12(18-21)15(22)20-6-5-10(7-20)14-17-13(19-23-14)9-3-4-9/h8-10H,2-7H2,1H3/t10-/m0/s1. The monoisotopic (exact) mass is 335 g/mol. The van der Waals surface area contributed by atoms with Crippen molar-refractivity contribution in [2.24, 2.45) is 0 Å². The van der Waals surface area contributed by atoms with Gasteiger partial charge in [0, 0.05) is 31.7 Å². The van der Waals surface area contributed by atoms with Gasteiger partial charge in [0.25, 0.3) is 5.91 Å². The van der Waals surface area contributed by atoms with Gasteiger partial charge in [0.05, 0.1) is 10.9 Å². The van der Waals surface area contributed by atoms with E-state index in [1.807, 2.05) is 6.92 Å². The molecule has 1 saturated heterocycles. The predicted octanol–water partition coefficient (Wildman–Crippen LogP) is 2.45. The molecular formula is C15H18ClN5O2. The Morgan fingerprint density at radius 3 is 2.91 bits per heavy atom. The molecule has 1 aliphatic carbocycles. The first-order chi connectivity index (χ1) is 11.2. The number of carbonyl (C=O) groups is 1. The molecule has 3 heterocycles. The third-order valence-electron chi connectivity index (χ3n) is 4.47. The molecule has 2 fully saturated rings. The van der Waals surface area contributed by atoms with E-state index in [-0.39, 0.29) is 11.8 Å². The van der Waals surface area contributed by atoms with Crippen LogP contribution in [0, 0.1) is 0 Å². The molecule has 0 N–H and O–H groups in total. The number of likely N-dealkylation sites (tertiary alicyclic amines) is 1. The summed E-state index contributed by atoms with van der Waals surface area (Å²) >= 11 is 6.12. The molecule has 2 aromatic rings. The lowest BCUT2D eigenvalue weighted by Crippen LogP contribution is -2.29. The maximum Gasteiger partial charge on any atom is 0.275 e. The van der Waals surface area contributed by atoms with Crippen molar-refractivity contribution in [2.75, 3.05) is 13.1 Å². The number of hydrogen-bond acceptors (Lipinski definition) is 5. The Labute approximate surface area is 138 Å². The third-order valence-corrected chi connectivity index (χ3v) is 4.74. The summed E-state index contributed by atoms with van der Waals surface area (Å²) in [5.74, 6) is 1.91. The zero-order valence-electron chi connectivity index (χ0n) is 12.9. The van der Waals surface area contributed by atoms with Crippen LogP contribution in [0.2, 0.25) is 5.02 Å². The number of aryl methyl sites for hydroxylation is 1. The molecule has 122 valence electrons. The van der Waals surface area contributed by atoms with Gasteiger partial charge in [0.2, 0.25) is 5.89 Å². The Kier molecular flexibility index (Phi) is 3.60. The Morgan fingerprint density at radius 2 is 2.22 bits per heavy atom. The molecule has 2 aromatic heterocycles. The summed E-state index contributed by atoms with van der Waals surface area (Å²) in [7, 11) is 0. The van der Waals surface area contributed by atoms with E-state index in [0.29, 0.717) is 42.2 Å². The minimum atomic E-state index is -0.133. The lowest BCUT2D eigenvalue weighted by molar-refractivity contribution is 0.0783. The highest BCUT2D eigenvalue weighted by Crippen LogP contribution is 2.39. The molecular weight excluding hydrogens is 318 g/mol. The Balaban J connectivity index is 1.46. The van der Waals surface area contributed by atoms with Crippen molar-refractivity contribution in [1.82, 2.24) is 24.8 Å². The van der Waals surface area contributed by atoms with Crippen LogP contribution in [0.4, 0.5) is 0 Å². The highest BCUT2D eigenvalue weighted by molar-refractivity contribution is 6.33. The highest BCUT2D eigenvalue weighted by Gasteiger charge is 2.35. The molecule has 0 aromatic carbocycles. The molecule has 8 heteroatoms. The van der Waals surface area contributed by atoms with Gasteiger partial charge in [0.1, 0.15) is 0 Å². The summed E-state index contributed by atoms with van der Waals surface area (Å²) in [6, 6.07) is 0. The first-order valence-corrected chi connectivity index (χ1v) is 8.39. The normalized spacial score (nSPS) is 21.1. The van der Waals surface area contributed by atoms with Gasteiger partial charge in [0.15, 0.2) is 11.5 Å². The summed E-state index contributed by atoms with van der Waals surface area (Å²) in [6.45, 7) is 3.86. The van der Waals surface area contributed by atoms with Crippen LogP contribution in [0.15, 0.2) is 10.7 Å². The number of carbonyl (C=O) groups excluding carboxylic acids is 1. The summed E-state index contributed by atoms with van der Waals surface area (Å²) in [5, 5.41) is 8.70. The third kappa shape index (κ3) is 2.73. The molecule has 0 bridgehead atoms. The minimum Gasteiger partial charge on any atom is -0.339 e. The van der Waals surface area contributed by atoms with Crippen molar-refractivity contribution < 1.29 is 9.32 Å². The van der Waals surface area contributed by atoms with Gasteiger partial charge in [-0.3, -0.25) is 9.48 Å². The summed E-state index contributed by atoms with van der Waals surface area (Å²) in [4.78, 5) is 18.9. The van der Waals surface area contributed by atoms with E-state index in [9.17, 15) is 4.79 Å². The van der Waals surface area contributed by atoms with E-state index < -0.39 is 0 Å². The Hall–Kier alpha value is -1.89. The maximum absolute atomic E-state index is 12.6. The van der Waals surface area contributed by atoms with Crippen molar-refractivity contribution in [3.8, 4) is 0 Å². The van der Waals surface area contributed by atoms with E-state index in [1.54, 1.807) is 15.8 Å². The van der Waals surface area contributed by atoms with Crippen LogP contribution >= 0.6 is 11.6 Å². The fraction of sp³-hybridized carbons (Fsp3) is 0.600.